The van der Waals surface area contributed by atoms with Gasteiger partial charge in [-0.2, -0.15) is 23.4 Å². The van der Waals surface area contributed by atoms with Gasteiger partial charge in [-0.15, -0.1) is 11.3 Å². The summed E-state index contributed by atoms with van der Waals surface area (Å²) < 4.78 is 41.4. The van der Waals surface area contributed by atoms with E-state index in [0.717, 1.165) is 52.1 Å². The van der Waals surface area contributed by atoms with E-state index in [1.54, 1.807) is 10.6 Å². The van der Waals surface area contributed by atoms with Crippen LogP contribution in [0.4, 0.5) is 13.2 Å². The Labute approximate surface area is 192 Å². The predicted octanol–water partition coefficient (Wildman–Crippen LogP) is 6.45. The number of imidazole rings is 1. The summed E-state index contributed by atoms with van der Waals surface area (Å²) in [7, 11) is 0. The average Bonchev–Trinajstić information content (AvgIpc) is 3.38. The maximum Gasteiger partial charge on any atom is 0.408 e. The minimum absolute atomic E-state index is 0.119. The van der Waals surface area contributed by atoms with E-state index in [1.165, 1.54) is 11.3 Å². The smallest absolute Gasteiger partial charge is 0.236 e. The molecule has 0 spiro atoms. The second-order valence-corrected chi connectivity index (χ2v) is 9.14. The number of hydrogen-bond acceptors (Lipinski definition) is 5. The topological polar surface area (TPSA) is 60.9 Å². The van der Waals surface area contributed by atoms with Gasteiger partial charge in [0.25, 0.3) is 0 Å². The largest absolute Gasteiger partial charge is 0.408 e. The molecule has 32 heavy (non-hydrogen) atoms. The number of rotatable bonds is 6. The van der Waals surface area contributed by atoms with Crippen LogP contribution in [0, 0.1) is 13.8 Å². The van der Waals surface area contributed by atoms with Gasteiger partial charge in [0, 0.05) is 5.56 Å². The number of hydrogen-bond donors (Lipinski definition) is 0. The van der Waals surface area contributed by atoms with Gasteiger partial charge in [0.15, 0.2) is 11.5 Å². The van der Waals surface area contributed by atoms with E-state index in [4.69, 9.17) is 16.6 Å². The van der Waals surface area contributed by atoms with E-state index in [2.05, 4.69) is 35.1 Å². The fraction of sp³-hybridized carbons (Fsp3) is 0.429. The lowest BCUT2D eigenvalue weighted by molar-refractivity contribution is -0.142. The van der Waals surface area contributed by atoms with Crippen molar-refractivity contribution < 1.29 is 13.2 Å². The van der Waals surface area contributed by atoms with Gasteiger partial charge >= 0.3 is 6.18 Å². The Morgan fingerprint density at radius 1 is 1.16 bits per heavy atom. The van der Waals surface area contributed by atoms with Crippen LogP contribution in [-0.4, -0.2) is 35.5 Å². The molecule has 0 aliphatic heterocycles. The Kier molecular flexibility index (Phi) is 6.02. The number of halogens is 4. The molecule has 0 aliphatic carbocycles. The highest BCUT2D eigenvalue weighted by Crippen LogP contribution is 2.42. The lowest BCUT2D eigenvalue weighted by Crippen LogP contribution is -2.19. The van der Waals surface area contributed by atoms with Crippen molar-refractivity contribution >= 4 is 28.6 Å². The molecule has 11 heteroatoms. The van der Waals surface area contributed by atoms with Crippen molar-refractivity contribution in [3.8, 4) is 21.3 Å². The predicted molar refractivity (Wildman–Crippen MR) is 119 cm³/mol. The molecule has 170 valence electrons. The Bertz CT molecular complexity index is 1270. The van der Waals surface area contributed by atoms with Crippen LogP contribution < -0.4 is 0 Å². The molecular weight excluding hydrogens is 461 g/mol. The maximum atomic E-state index is 12.9. The van der Waals surface area contributed by atoms with Crippen molar-refractivity contribution in [1.29, 1.82) is 0 Å². The molecule has 0 bridgehead atoms. The highest BCUT2D eigenvalue weighted by atomic mass is 35.5. The van der Waals surface area contributed by atoms with Crippen LogP contribution in [0.5, 0.6) is 0 Å². The molecule has 4 aromatic rings. The highest BCUT2D eigenvalue weighted by Gasteiger charge is 2.31. The van der Waals surface area contributed by atoms with Crippen LogP contribution in [0.25, 0.3) is 26.9 Å². The third-order valence-corrected chi connectivity index (χ3v) is 6.95. The van der Waals surface area contributed by atoms with E-state index in [9.17, 15) is 13.2 Å². The minimum atomic E-state index is -4.41. The van der Waals surface area contributed by atoms with Gasteiger partial charge in [-0.1, -0.05) is 25.4 Å². The van der Waals surface area contributed by atoms with Gasteiger partial charge < -0.3 is 0 Å². The Morgan fingerprint density at radius 2 is 1.88 bits per heavy atom. The van der Waals surface area contributed by atoms with Gasteiger partial charge in [0.1, 0.15) is 18.6 Å². The molecule has 0 aliphatic rings. The average molecular weight is 483 g/mol. The molecule has 0 unspecified atom stereocenters. The van der Waals surface area contributed by atoms with Crippen LogP contribution in [-0.2, 0) is 6.54 Å². The van der Waals surface area contributed by atoms with Gasteiger partial charge in [0.2, 0.25) is 0 Å². The summed E-state index contributed by atoms with van der Waals surface area (Å²) >= 11 is 7.82. The number of thiophene rings is 1. The van der Waals surface area contributed by atoms with Crippen LogP contribution in [0.1, 0.15) is 49.6 Å². The molecule has 0 atom stereocenters. The molecule has 0 amide bonds. The molecule has 0 saturated heterocycles. The first-order valence-corrected chi connectivity index (χ1v) is 11.4. The zero-order valence-corrected chi connectivity index (χ0v) is 19.6. The first-order chi connectivity index (χ1) is 15.1. The standard InChI is InChI=1S/C21H22ClF3N6S/c1-5-13(6-2)14-7-11(3)29-31-17(12(4)28-19(14)31)18-15(22)8-16(32-18)20-26-10-27-30(20)9-21(23,24)25/h7-8,10,13H,5-6,9H2,1-4H3. The Hall–Kier alpha value is -2.46. The minimum Gasteiger partial charge on any atom is -0.236 e. The lowest BCUT2D eigenvalue weighted by atomic mass is 9.95. The summed E-state index contributed by atoms with van der Waals surface area (Å²) in [5.74, 6) is 0.470. The number of alkyl halides is 3. The van der Waals surface area contributed by atoms with Crippen LogP contribution in [0.2, 0.25) is 5.02 Å². The molecule has 4 heterocycles. The van der Waals surface area contributed by atoms with Crippen molar-refractivity contribution in [1.82, 2.24) is 29.4 Å². The third-order valence-electron chi connectivity index (χ3n) is 5.40. The van der Waals surface area contributed by atoms with E-state index >= 15 is 0 Å². The van der Waals surface area contributed by atoms with Crippen LogP contribution in [0.15, 0.2) is 18.5 Å². The Balaban J connectivity index is 1.86. The van der Waals surface area contributed by atoms with E-state index < -0.39 is 12.7 Å². The first-order valence-electron chi connectivity index (χ1n) is 10.2. The maximum absolute atomic E-state index is 12.9. The number of fused-ring (bicyclic) bond motifs is 1. The highest BCUT2D eigenvalue weighted by molar-refractivity contribution is 7.19. The van der Waals surface area contributed by atoms with Crippen molar-refractivity contribution in [2.45, 2.75) is 59.2 Å². The lowest BCUT2D eigenvalue weighted by Gasteiger charge is -2.14. The summed E-state index contributed by atoms with van der Waals surface area (Å²) in [6.07, 6.45) is -1.33. The molecule has 0 radical (unpaired) electrons. The quantitative estimate of drug-likeness (QED) is 0.316. The number of aromatic nitrogens is 6. The van der Waals surface area contributed by atoms with E-state index in [-0.39, 0.29) is 5.82 Å². The van der Waals surface area contributed by atoms with Crippen LogP contribution in [0.3, 0.4) is 0 Å². The summed E-state index contributed by atoms with van der Waals surface area (Å²) in [5.41, 5.74) is 4.26. The second kappa shape index (κ2) is 8.47. The van der Waals surface area contributed by atoms with Crippen molar-refractivity contribution in [3.63, 3.8) is 0 Å². The zero-order chi connectivity index (χ0) is 23.2. The van der Waals surface area contributed by atoms with Gasteiger partial charge in [-0.05, 0) is 44.7 Å². The van der Waals surface area contributed by atoms with Crippen molar-refractivity contribution in [2.24, 2.45) is 0 Å². The molecule has 0 saturated carbocycles. The zero-order valence-electron chi connectivity index (χ0n) is 18.0. The fourth-order valence-electron chi connectivity index (χ4n) is 3.95. The van der Waals surface area contributed by atoms with Crippen LogP contribution >= 0.6 is 22.9 Å². The molecule has 4 aromatic heterocycles. The fourth-order valence-corrected chi connectivity index (χ4v) is 5.46. The molecule has 0 aromatic carbocycles. The molecule has 4 rings (SSSR count). The van der Waals surface area contributed by atoms with Crippen molar-refractivity contribution in [3.05, 3.63) is 40.4 Å². The molecular formula is C21H22ClF3N6S. The Morgan fingerprint density at radius 3 is 2.53 bits per heavy atom. The molecule has 6 nitrogen and oxygen atoms in total. The summed E-state index contributed by atoms with van der Waals surface area (Å²) in [4.78, 5) is 10.00. The van der Waals surface area contributed by atoms with E-state index in [0.29, 0.717) is 20.7 Å². The molecule has 0 N–H and O–H groups in total. The monoisotopic (exact) mass is 482 g/mol. The van der Waals surface area contributed by atoms with Gasteiger partial charge in [-0.25, -0.2) is 19.2 Å². The van der Waals surface area contributed by atoms with Crippen molar-refractivity contribution in [2.75, 3.05) is 0 Å². The SMILES string of the molecule is CCC(CC)c1cc(C)nn2c(-c3sc(-c4ncnn4CC(F)(F)F)cc3Cl)c(C)nc12. The summed E-state index contributed by atoms with van der Waals surface area (Å²) in [6, 6.07) is 3.69. The normalized spacial score (nSPS) is 12.4. The molecule has 0 fully saturated rings. The van der Waals surface area contributed by atoms with Gasteiger partial charge in [0.05, 0.1) is 26.2 Å². The first kappa shape index (κ1) is 22.7. The summed E-state index contributed by atoms with van der Waals surface area (Å²) in [6.45, 7) is 6.90. The second-order valence-electron chi connectivity index (χ2n) is 7.68. The summed E-state index contributed by atoms with van der Waals surface area (Å²) in [5, 5.41) is 8.82. The van der Waals surface area contributed by atoms with E-state index in [1.807, 2.05) is 13.8 Å². The van der Waals surface area contributed by atoms with Gasteiger partial charge in [-0.3, -0.25) is 0 Å². The third kappa shape index (κ3) is 4.13. The number of aryl methyl sites for hydroxylation is 2. The number of nitrogens with zero attached hydrogens (tertiary/aromatic N) is 6.